The van der Waals surface area contributed by atoms with Crippen LogP contribution in [0.2, 0.25) is 0 Å². The lowest BCUT2D eigenvalue weighted by molar-refractivity contribution is 0.102. The number of aryl methyl sites for hydroxylation is 2. The number of carbonyl (C=O) groups excluding carboxylic acids is 1. The molecule has 1 N–H and O–H groups in total. The van der Waals surface area contributed by atoms with E-state index < -0.39 is 0 Å². The lowest BCUT2D eigenvalue weighted by Gasteiger charge is -2.05. The van der Waals surface area contributed by atoms with E-state index in [0.29, 0.717) is 5.75 Å². The molecule has 0 aliphatic heterocycles. The minimum atomic E-state index is 0.143. The van der Waals surface area contributed by atoms with E-state index in [4.69, 9.17) is 0 Å². The summed E-state index contributed by atoms with van der Waals surface area (Å²) < 4.78 is 0. The van der Waals surface area contributed by atoms with Gasteiger partial charge in [0.25, 0.3) is 0 Å². The van der Waals surface area contributed by atoms with Crippen LogP contribution in [0.5, 0.6) is 0 Å². The number of benzene rings is 1. The Hall–Kier alpha value is -1.55. The first kappa shape index (κ1) is 11.9. The Bertz CT molecular complexity index is 520. The Labute approximate surface area is 105 Å². The quantitative estimate of drug-likeness (QED) is 0.666. The number of carbonyl (C=O) groups is 1. The fourth-order valence-corrected chi connectivity index (χ4v) is 2.38. The summed E-state index contributed by atoms with van der Waals surface area (Å²) in [6.45, 7) is 4.00. The molecule has 0 bridgehead atoms. The van der Waals surface area contributed by atoms with Crippen LogP contribution in [0.4, 0.5) is 0 Å². The zero-order valence-electron chi connectivity index (χ0n) is 9.86. The van der Waals surface area contributed by atoms with Crippen molar-refractivity contribution in [2.45, 2.75) is 19.0 Å². The molecule has 0 saturated heterocycles. The van der Waals surface area contributed by atoms with E-state index >= 15 is 0 Å². The molecule has 17 heavy (non-hydrogen) atoms. The third kappa shape index (κ3) is 2.97. The van der Waals surface area contributed by atoms with Gasteiger partial charge in [0.1, 0.15) is 0 Å². The van der Waals surface area contributed by atoms with Crippen molar-refractivity contribution >= 4 is 17.5 Å². The van der Waals surface area contributed by atoms with Gasteiger partial charge in [-0.3, -0.25) is 4.79 Å². The van der Waals surface area contributed by atoms with Crippen LogP contribution in [-0.4, -0.2) is 21.5 Å². The fraction of sp³-hybridized carbons (Fsp3) is 0.231. The lowest BCUT2D eigenvalue weighted by Crippen LogP contribution is -2.05. The highest BCUT2D eigenvalue weighted by Crippen LogP contribution is 2.17. The van der Waals surface area contributed by atoms with Gasteiger partial charge in [0.2, 0.25) is 0 Å². The van der Waals surface area contributed by atoms with E-state index in [0.717, 1.165) is 16.3 Å². The average Bonchev–Trinajstić information content (AvgIpc) is 2.78. The molecule has 0 spiro atoms. The maximum absolute atomic E-state index is 12.0. The van der Waals surface area contributed by atoms with Crippen molar-refractivity contribution in [2.24, 2.45) is 0 Å². The van der Waals surface area contributed by atoms with Gasteiger partial charge in [-0.1, -0.05) is 35.5 Å². The first-order chi connectivity index (χ1) is 8.16. The molecule has 0 atom stereocenters. The van der Waals surface area contributed by atoms with Gasteiger partial charge in [-0.15, -0.1) is 0 Å². The van der Waals surface area contributed by atoms with Crippen molar-refractivity contribution in [3.8, 4) is 0 Å². The van der Waals surface area contributed by atoms with Crippen LogP contribution in [-0.2, 0) is 0 Å². The van der Waals surface area contributed by atoms with Crippen molar-refractivity contribution in [1.29, 1.82) is 0 Å². The summed E-state index contributed by atoms with van der Waals surface area (Å²) in [5, 5.41) is 0.781. The highest BCUT2D eigenvalue weighted by Gasteiger charge is 2.10. The number of H-pyrrole nitrogens is 1. The number of thioether (sulfide) groups is 1. The first-order valence-electron chi connectivity index (χ1n) is 5.39. The number of Topliss-reactive ketones (excluding diaryl/α,β-unsaturated/α-hetero) is 1. The molecule has 1 aromatic carbocycles. The molecule has 2 rings (SSSR count). The Morgan fingerprint density at radius 1 is 1.41 bits per heavy atom. The third-order valence-electron chi connectivity index (χ3n) is 2.50. The first-order valence-corrected chi connectivity index (χ1v) is 6.38. The minimum absolute atomic E-state index is 0.143. The highest BCUT2D eigenvalue weighted by atomic mass is 32.2. The molecule has 1 heterocycles. The summed E-state index contributed by atoms with van der Waals surface area (Å²) in [6, 6.07) is 5.90. The number of imidazole rings is 1. The summed E-state index contributed by atoms with van der Waals surface area (Å²) in [4.78, 5) is 19.1. The lowest BCUT2D eigenvalue weighted by atomic mass is 10.0. The predicted octanol–water partition coefficient (Wildman–Crippen LogP) is 3.00. The molecule has 1 aromatic heterocycles. The summed E-state index contributed by atoms with van der Waals surface area (Å²) >= 11 is 1.43. The van der Waals surface area contributed by atoms with Crippen molar-refractivity contribution in [3.63, 3.8) is 0 Å². The van der Waals surface area contributed by atoms with Crippen LogP contribution in [0.1, 0.15) is 21.5 Å². The van der Waals surface area contributed by atoms with Crippen LogP contribution in [0, 0.1) is 13.8 Å². The van der Waals surface area contributed by atoms with Crippen LogP contribution in [0.15, 0.2) is 35.7 Å². The van der Waals surface area contributed by atoms with Crippen LogP contribution in [0.3, 0.4) is 0 Å². The van der Waals surface area contributed by atoms with Gasteiger partial charge in [-0.25, -0.2) is 4.98 Å². The monoisotopic (exact) mass is 246 g/mol. The summed E-state index contributed by atoms with van der Waals surface area (Å²) in [5.41, 5.74) is 3.02. The molecule has 3 nitrogen and oxygen atoms in total. The average molecular weight is 246 g/mol. The standard InChI is InChI=1S/C13H14N2OS/c1-9-3-4-11(10(2)7-9)12(16)8-17-13-14-5-6-15-13/h3-7H,8H2,1-2H3,(H,14,15). The Morgan fingerprint density at radius 2 is 2.24 bits per heavy atom. The number of hydrogen-bond donors (Lipinski definition) is 1. The number of rotatable bonds is 4. The smallest absolute Gasteiger partial charge is 0.173 e. The van der Waals surface area contributed by atoms with Gasteiger partial charge in [0.05, 0.1) is 5.75 Å². The van der Waals surface area contributed by atoms with E-state index in [2.05, 4.69) is 9.97 Å². The SMILES string of the molecule is Cc1ccc(C(=O)CSc2ncc[nH]2)c(C)c1. The second kappa shape index (κ2) is 5.19. The van der Waals surface area contributed by atoms with E-state index in [-0.39, 0.29) is 5.78 Å². The third-order valence-corrected chi connectivity index (χ3v) is 3.40. The molecule has 0 saturated carbocycles. The molecule has 0 unspecified atom stereocenters. The number of nitrogens with one attached hydrogen (secondary N) is 1. The summed E-state index contributed by atoms with van der Waals surface area (Å²) in [7, 11) is 0. The Kier molecular flexibility index (Phi) is 3.64. The Balaban J connectivity index is 2.04. The number of nitrogens with zero attached hydrogens (tertiary/aromatic N) is 1. The van der Waals surface area contributed by atoms with Gasteiger partial charge >= 0.3 is 0 Å². The highest BCUT2D eigenvalue weighted by molar-refractivity contribution is 7.99. The van der Waals surface area contributed by atoms with Crippen molar-refractivity contribution in [1.82, 2.24) is 9.97 Å². The molecule has 88 valence electrons. The van der Waals surface area contributed by atoms with Gasteiger partial charge in [0, 0.05) is 18.0 Å². The zero-order chi connectivity index (χ0) is 12.3. The van der Waals surface area contributed by atoms with Crippen molar-refractivity contribution in [3.05, 3.63) is 47.3 Å². The molecule has 2 aromatic rings. The maximum atomic E-state index is 12.0. The van der Waals surface area contributed by atoms with Crippen molar-refractivity contribution in [2.75, 3.05) is 5.75 Å². The molecule has 0 amide bonds. The molecular formula is C13H14N2OS. The zero-order valence-corrected chi connectivity index (χ0v) is 10.7. The van der Waals surface area contributed by atoms with Gasteiger partial charge in [0.15, 0.2) is 10.9 Å². The number of aromatic amines is 1. The van der Waals surface area contributed by atoms with E-state index in [9.17, 15) is 4.79 Å². The molecule has 0 radical (unpaired) electrons. The minimum Gasteiger partial charge on any atom is -0.340 e. The second-order valence-corrected chi connectivity index (χ2v) is 4.89. The molecule has 0 fully saturated rings. The largest absolute Gasteiger partial charge is 0.340 e. The normalized spacial score (nSPS) is 10.5. The molecule has 0 aliphatic rings. The second-order valence-electron chi connectivity index (χ2n) is 3.92. The summed E-state index contributed by atoms with van der Waals surface area (Å²) in [6.07, 6.45) is 3.44. The van der Waals surface area contributed by atoms with E-state index in [1.54, 1.807) is 12.4 Å². The molecular weight excluding hydrogens is 232 g/mol. The Morgan fingerprint density at radius 3 is 2.88 bits per heavy atom. The van der Waals surface area contributed by atoms with Gasteiger partial charge in [-0.05, 0) is 19.4 Å². The fourth-order valence-electron chi connectivity index (χ4n) is 1.67. The summed E-state index contributed by atoms with van der Waals surface area (Å²) in [5.74, 6) is 0.557. The van der Waals surface area contributed by atoms with Crippen LogP contribution in [0.25, 0.3) is 0 Å². The van der Waals surface area contributed by atoms with Gasteiger partial charge < -0.3 is 4.98 Å². The van der Waals surface area contributed by atoms with Crippen LogP contribution >= 0.6 is 11.8 Å². The van der Waals surface area contributed by atoms with E-state index in [1.807, 2.05) is 32.0 Å². The number of hydrogen-bond acceptors (Lipinski definition) is 3. The van der Waals surface area contributed by atoms with Gasteiger partial charge in [-0.2, -0.15) is 0 Å². The predicted molar refractivity (Wildman–Crippen MR) is 69.6 cm³/mol. The van der Waals surface area contributed by atoms with Crippen molar-refractivity contribution < 1.29 is 4.79 Å². The number of ketones is 1. The molecule has 0 aliphatic carbocycles. The molecule has 4 heteroatoms. The topological polar surface area (TPSA) is 45.8 Å². The maximum Gasteiger partial charge on any atom is 0.173 e. The number of aromatic nitrogens is 2. The van der Waals surface area contributed by atoms with Crippen LogP contribution < -0.4 is 0 Å². The van der Waals surface area contributed by atoms with E-state index in [1.165, 1.54) is 17.3 Å².